The van der Waals surface area contributed by atoms with E-state index in [1.54, 1.807) is 4.90 Å². The number of hydrogen-bond donors (Lipinski definition) is 0. The van der Waals surface area contributed by atoms with Crippen LogP contribution in [0.1, 0.15) is 37.8 Å². The molecule has 0 N–H and O–H groups in total. The van der Waals surface area contributed by atoms with E-state index in [9.17, 15) is 17.6 Å². The molecular weight excluding hydrogens is 499 g/mol. The lowest BCUT2D eigenvalue weighted by molar-refractivity contribution is -0.121. The first-order valence-corrected chi connectivity index (χ1v) is 14.6. The van der Waals surface area contributed by atoms with Crippen LogP contribution in [0.5, 0.6) is 0 Å². The Morgan fingerprint density at radius 1 is 1.11 bits per heavy atom. The SMILES string of the molecule is CCN(CC)CCN(C(=O)C1CCCN1S(=O)(=O)c1ccc(F)cc1)c1nc2c(C)c(C)ccc2s1. The Bertz CT molecular complexity index is 1340. The third-order valence-corrected chi connectivity index (χ3v) is 9.98. The number of hydrogen-bond acceptors (Lipinski definition) is 6. The van der Waals surface area contributed by atoms with Crippen molar-refractivity contribution < 1.29 is 17.6 Å². The van der Waals surface area contributed by atoms with Crippen LogP contribution < -0.4 is 4.90 Å². The van der Waals surface area contributed by atoms with Gasteiger partial charge in [-0.25, -0.2) is 17.8 Å². The number of fused-ring (bicyclic) bond motifs is 1. The van der Waals surface area contributed by atoms with Crippen molar-refractivity contribution >= 4 is 42.6 Å². The Morgan fingerprint density at radius 3 is 2.47 bits per heavy atom. The molecule has 0 aliphatic carbocycles. The minimum absolute atomic E-state index is 0.00984. The summed E-state index contributed by atoms with van der Waals surface area (Å²) in [5.74, 6) is -0.772. The van der Waals surface area contributed by atoms with Gasteiger partial charge in [-0.05, 0) is 81.2 Å². The van der Waals surface area contributed by atoms with Crippen molar-refractivity contribution in [3.05, 3.63) is 53.3 Å². The number of benzene rings is 2. The maximum Gasteiger partial charge on any atom is 0.247 e. The van der Waals surface area contributed by atoms with Gasteiger partial charge in [-0.3, -0.25) is 9.69 Å². The van der Waals surface area contributed by atoms with Crippen LogP contribution in [0.2, 0.25) is 0 Å². The van der Waals surface area contributed by atoms with Gasteiger partial charge in [0.15, 0.2) is 5.13 Å². The van der Waals surface area contributed by atoms with E-state index in [0.29, 0.717) is 31.1 Å². The lowest BCUT2D eigenvalue weighted by Crippen LogP contribution is -2.49. The van der Waals surface area contributed by atoms with Crippen molar-refractivity contribution in [1.29, 1.82) is 0 Å². The zero-order valence-electron chi connectivity index (χ0n) is 21.2. The van der Waals surface area contributed by atoms with Crippen molar-refractivity contribution in [2.24, 2.45) is 0 Å². The maximum atomic E-state index is 14.0. The molecule has 1 atom stereocenters. The van der Waals surface area contributed by atoms with Crippen molar-refractivity contribution in [1.82, 2.24) is 14.2 Å². The normalized spacial score (nSPS) is 16.8. The Balaban J connectivity index is 1.70. The van der Waals surface area contributed by atoms with Crippen LogP contribution in [0, 0.1) is 19.7 Å². The first-order chi connectivity index (χ1) is 17.2. The summed E-state index contributed by atoms with van der Waals surface area (Å²) in [5.41, 5.74) is 3.08. The monoisotopic (exact) mass is 532 g/mol. The van der Waals surface area contributed by atoms with Crippen molar-refractivity contribution in [3.63, 3.8) is 0 Å². The highest BCUT2D eigenvalue weighted by molar-refractivity contribution is 7.89. The molecule has 2 heterocycles. The molecule has 0 bridgehead atoms. The van der Waals surface area contributed by atoms with E-state index in [-0.39, 0.29) is 17.3 Å². The minimum Gasteiger partial charge on any atom is -0.302 e. The number of sulfonamides is 1. The number of anilines is 1. The first kappa shape index (κ1) is 26.7. The van der Waals surface area contributed by atoms with E-state index in [2.05, 4.69) is 24.8 Å². The predicted molar refractivity (Wildman–Crippen MR) is 143 cm³/mol. The van der Waals surface area contributed by atoms with Gasteiger partial charge in [0.25, 0.3) is 0 Å². The van der Waals surface area contributed by atoms with Crippen LogP contribution in [0.3, 0.4) is 0 Å². The van der Waals surface area contributed by atoms with Gasteiger partial charge in [-0.2, -0.15) is 4.31 Å². The van der Waals surface area contributed by atoms with Crippen LogP contribution in [0.4, 0.5) is 9.52 Å². The fourth-order valence-electron chi connectivity index (χ4n) is 4.61. The Labute approximate surface area is 216 Å². The highest BCUT2D eigenvalue weighted by Gasteiger charge is 2.42. The summed E-state index contributed by atoms with van der Waals surface area (Å²) in [5, 5.41) is 0.585. The van der Waals surface area contributed by atoms with Crippen LogP contribution in [0.15, 0.2) is 41.3 Å². The van der Waals surface area contributed by atoms with E-state index in [1.165, 1.54) is 27.8 Å². The Kier molecular flexibility index (Phi) is 8.09. The minimum atomic E-state index is -3.95. The summed E-state index contributed by atoms with van der Waals surface area (Å²) in [4.78, 5) is 22.7. The van der Waals surface area contributed by atoms with Gasteiger partial charge in [0.1, 0.15) is 11.9 Å². The number of rotatable bonds is 9. The molecule has 3 aromatic rings. The molecule has 2 aromatic carbocycles. The van der Waals surface area contributed by atoms with Crippen LogP contribution >= 0.6 is 11.3 Å². The number of likely N-dealkylation sites (N-methyl/N-ethyl adjacent to an activating group) is 1. The zero-order chi connectivity index (χ0) is 26.0. The third-order valence-electron chi connectivity index (χ3n) is 7.01. The number of thiazole rings is 1. The van der Waals surface area contributed by atoms with Gasteiger partial charge >= 0.3 is 0 Å². The molecule has 1 amide bonds. The highest BCUT2D eigenvalue weighted by Crippen LogP contribution is 2.34. The van der Waals surface area contributed by atoms with Gasteiger partial charge in [-0.1, -0.05) is 31.3 Å². The molecule has 1 unspecified atom stereocenters. The molecule has 194 valence electrons. The maximum absolute atomic E-state index is 14.0. The molecule has 0 saturated carbocycles. The summed E-state index contributed by atoms with van der Waals surface area (Å²) >= 11 is 1.45. The Hall–Kier alpha value is -2.40. The van der Waals surface area contributed by atoms with E-state index in [0.717, 1.165) is 46.6 Å². The second-order valence-corrected chi connectivity index (χ2v) is 12.0. The predicted octanol–water partition coefficient (Wildman–Crippen LogP) is 4.58. The first-order valence-electron chi connectivity index (χ1n) is 12.3. The molecule has 0 spiro atoms. The number of carbonyl (C=O) groups is 1. The van der Waals surface area contributed by atoms with E-state index >= 15 is 0 Å². The molecule has 7 nitrogen and oxygen atoms in total. The van der Waals surface area contributed by atoms with Crippen LogP contribution in [-0.2, 0) is 14.8 Å². The number of nitrogens with zero attached hydrogens (tertiary/aromatic N) is 4. The van der Waals surface area contributed by atoms with Gasteiger partial charge in [-0.15, -0.1) is 0 Å². The van der Waals surface area contributed by atoms with Gasteiger partial charge in [0.2, 0.25) is 15.9 Å². The standard InChI is InChI=1S/C26H33FN4O3S2/c1-5-29(6-2)16-17-30(26-28-24-19(4)18(3)9-14-23(24)35-26)25(32)22-8-7-15-31(22)36(33,34)21-12-10-20(27)11-13-21/h9-14,22H,5-8,15-17H2,1-4H3. The van der Waals surface area contributed by atoms with Crippen LogP contribution in [0.25, 0.3) is 10.2 Å². The summed E-state index contributed by atoms with van der Waals surface area (Å²) in [6.45, 7) is 11.2. The molecule has 1 aromatic heterocycles. The summed E-state index contributed by atoms with van der Waals surface area (Å²) in [6.07, 6.45) is 1.02. The second-order valence-electron chi connectivity index (χ2n) is 9.10. The summed E-state index contributed by atoms with van der Waals surface area (Å²) < 4.78 is 42.5. The zero-order valence-corrected chi connectivity index (χ0v) is 22.8. The van der Waals surface area contributed by atoms with Crippen LogP contribution in [-0.4, -0.2) is 67.3 Å². The molecule has 0 radical (unpaired) electrons. The molecule has 36 heavy (non-hydrogen) atoms. The smallest absolute Gasteiger partial charge is 0.247 e. The van der Waals surface area contributed by atoms with Crippen molar-refractivity contribution in [2.75, 3.05) is 37.6 Å². The summed E-state index contributed by atoms with van der Waals surface area (Å²) in [6, 6.07) is 8.00. The highest BCUT2D eigenvalue weighted by atomic mass is 32.2. The lowest BCUT2D eigenvalue weighted by atomic mass is 10.1. The van der Waals surface area contributed by atoms with Gasteiger partial charge in [0.05, 0.1) is 15.1 Å². The number of aryl methyl sites for hydroxylation is 2. The molecule has 1 fully saturated rings. The Morgan fingerprint density at radius 2 is 1.81 bits per heavy atom. The number of amides is 1. The summed E-state index contributed by atoms with van der Waals surface area (Å²) in [7, 11) is -3.95. The third kappa shape index (κ3) is 5.18. The van der Waals surface area contributed by atoms with Gasteiger partial charge in [0, 0.05) is 19.6 Å². The number of carbonyl (C=O) groups excluding carboxylic acids is 1. The van der Waals surface area contributed by atoms with Crippen molar-refractivity contribution in [3.8, 4) is 0 Å². The largest absolute Gasteiger partial charge is 0.302 e. The average Bonchev–Trinajstić information content (AvgIpc) is 3.53. The van der Waals surface area contributed by atoms with E-state index in [4.69, 9.17) is 4.98 Å². The quantitative estimate of drug-likeness (QED) is 0.403. The molecule has 10 heteroatoms. The average molecular weight is 533 g/mol. The topological polar surface area (TPSA) is 73.8 Å². The van der Waals surface area contributed by atoms with E-state index < -0.39 is 21.9 Å². The van der Waals surface area contributed by atoms with Crippen molar-refractivity contribution in [2.45, 2.75) is 51.5 Å². The lowest BCUT2D eigenvalue weighted by Gasteiger charge is -2.30. The number of aromatic nitrogens is 1. The fourth-order valence-corrected chi connectivity index (χ4v) is 7.32. The molecule has 1 aliphatic rings. The second kappa shape index (κ2) is 10.9. The van der Waals surface area contributed by atoms with Gasteiger partial charge < -0.3 is 4.90 Å². The molecule has 1 aliphatic heterocycles. The van der Waals surface area contributed by atoms with E-state index in [1.807, 2.05) is 19.9 Å². The fraction of sp³-hybridized carbons (Fsp3) is 0.462. The molecular formula is C26H33FN4O3S2. The molecule has 1 saturated heterocycles. The number of halogens is 1. The molecule has 4 rings (SSSR count).